The molecule has 1 atom stereocenters. The van der Waals surface area contributed by atoms with Crippen molar-refractivity contribution in [3.8, 4) is 0 Å². The summed E-state index contributed by atoms with van der Waals surface area (Å²) in [5, 5.41) is 3.66. The molecule has 1 aromatic heterocycles. The van der Waals surface area contributed by atoms with E-state index >= 15 is 0 Å². The zero-order chi connectivity index (χ0) is 10.8. The number of hydrogen-bond donors (Lipinski definition) is 1. The van der Waals surface area contributed by atoms with Gasteiger partial charge in [0.05, 0.1) is 0 Å². The van der Waals surface area contributed by atoms with Gasteiger partial charge in [-0.3, -0.25) is 0 Å². The number of aromatic nitrogens is 2. The molecule has 0 saturated carbocycles. The molecule has 5 heteroatoms. The summed E-state index contributed by atoms with van der Waals surface area (Å²) in [6.45, 7) is 4.02. The summed E-state index contributed by atoms with van der Waals surface area (Å²) in [7, 11) is 2.05. The van der Waals surface area contributed by atoms with Crippen LogP contribution in [0.15, 0.2) is 6.07 Å². The molecule has 2 heterocycles. The number of halogens is 1. The Bertz CT molecular complexity index is 329. The first kappa shape index (κ1) is 10.6. The highest BCUT2D eigenvalue weighted by molar-refractivity contribution is 6.28. The minimum atomic E-state index is 0.322. The van der Waals surface area contributed by atoms with E-state index in [1.165, 1.54) is 0 Å². The zero-order valence-corrected chi connectivity index (χ0v) is 9.75. The van der Waals surface area contributed by atoms with Gasteiger partial charge in [0, 0.05) is 31.4 Å². The molecule has 82 valence electrons. The highest BCUT2D eigenvalue weighted by Gasteiger charge is 2.20. The predicted molar refractivity (Wildman–Crippen MR) is 61.5 cm³/mol. The SMILES string of the molecule is Cc1cc(N(C)[C@@H]2CCNC2)nc(Cl)n1. The molecule has 0 aromatic carbocycles. The van der Waals surface area contributed by atoms with Gasteiger partial charge < -0.3 is 10.2 Å². The standard InChI is InChI=1S/C10H15ClN4/c1-7-5-9(14-10(11)13-7)15(2)8-3-4-12-6-8/h5,8,12H,3-4,6H2,1-2H3/t8-/m1/s1. The summed E-state index contributed by atoms with van der Waals surface area (Å²) in [6.07, 6.45) is 1.15. The molecule has 1 saturated heterocycles. The van der Waals surface area contributed by atoms with Gasteiger partial charge in [0.25, 0.3) is 0 Å². The van der Waals surface area contributed by atoms with Crippen LogP contribution in [-0.4, -0.2) is 36.1 Å². The maximum atomic E-state index is 5.84. The van der Waals surface area contributed by atoms with Gasteiger partial charge in [-0.1, -0.05) is 0 Å². The lowest BCUT2D eigenvalue weighted by Gasteiger charge is -2.24. The fraction of sp³-hybridized carbons (Fsp3) is 0.600. The first-order chi connectivity index (χ1) is 7.16. The van der Waals surface area contributed by atoms with E-state index in [-0.39, 0.29) is 0 Å². The van der Waals surface area contributed by atoms with Gasteiger partial charge in [0.15, 0.2) is 0 Å². The second kappa shape index (κ2) is 4.33. The fourth-order valence-electron chi connectivity index (χ4n) is 1.85. The molecule has 1 fully saturated rings. The van der Waals surface area contributed by atoms with Crippen LogP contribution in [0.4, 0.5) is 5.82 Å². The van der Waals surface area contributed by atoms with Gasteiger partial charge in [-0.05, 0) is 31.5 Å². The van der Waals surface area contributed by atoms with E-state index in [1.54, 1.807) is 0 Å². The molecule has 1 aliphatic rings. The molecule has 0 radical (unpaired) electrons. The minimum absolute atomic E-state index is 0.322. The second-order valence-corrected chi connectivity index (χ2v) is 4.23. The topological polar surface area (TPSA) is 41.0 Å². The van der Waals surface area contributed by atoms with Crippen molar-refractivity contribution >= 4 is 17.4 Å². The summed E-state index contributed by atoms with van der Waals surface area (Å²) in [4.78, 5) is 10.5. The number of anilines is 1. The lowest BCUT2D eigenvalue weighted by molar-refractivity contribution is 0.676. The minimum Gasteiger partial charge on any atom is -0.355 e. The summed E-state index contributed by atoms with van der Waals surface area (Å²) >= 11 is 5.84. The normalized spacial score (nSPS) is 20.6. The Morgan fingerprint density at radius 3 is 2.93 bits per heavy atom. The molecular formula is C10H15ClN4. The third kappa shape index (κ3) is 2.38. The lowest BCUT2D eigenvalue weighted by Crippen LogP contribution is -2.34. The van der Waals surface area contributed by atoms with Crippen molar-refractivity contribution in [2.45, 2.75) is 19.4 Å². The predicted octanol–water partition coefficient (Wildman–Crippen LogP) is 1.24. The first-order valence-corrected chi connectivity index (χ1v) is 5.49. The zero-order valence-electron chi connectivity index (χ0n) is 9.00. The quantitative estimate of drug-likeness (QED) is 0.771. The third-order valence-corrected chi connectivity index (χ3v) is 2.93. The van der Waals surface area contributed by atoms with Crippen LogP contribution in [0.25, 0.3) is 0 Å². The number of nitrogens with zero attached hydrogens (tertiary/aromatic N) is 3. The molecule has 1 N–H and O–H groups in total. The van der Waals surface area contributed by atoms with Gasteiger partial charge in [0.2, 0.25) is 5.28 Å². The largest absolute Gasteiger partial charge is 0.355 e. The van der Waals surface area contributed by atoms with Crippen LogP contribution in [0.3, 0.4) is 0 Å². The molecule has 1 aliphatic heterocycles. The summed E-state index contributed by atoms with van der Waals surface area (Å²) in [6, 6.07) is 2.47. The van der Waals surface area contributed by atoms with Crippen molar-refractivity contribution in [3.05, 3.63) is 17.0 Å². The van der Waals surface area contributed by atoms with Crippen molar-refractivity contribution in [1.29, 1.82) is 0 Å². The average molecular weight is 227 g/mol. The van der Waals surface area contributed by atoms with Gasteiger partial charge in [-0.2, -0.15) is 0 Å². The number of aryl methyl sites for hydroxylation is 1. The van der Waals surface area contributed by atoms with Crippen molar-refractivity contribution in [2.24, 2.45) is 0 Å². The highest BCUT2D eigenvalue weighted by Crippen LogP contribution is 2.18. The molecule has 0 spiro atoms. The fourth-order valence-corrected chi connectivity index (χ4v) is 2.07. The van der Waals surface area contributed by atoms with E-state index in [9.17, 15) is 0 Å². The maximum Gasteiger partial charge on any atom is 0.224 e. The third-order valence-electron chi connectivity index (χ3n) is 2.76. The number of rotatable bonds is 2. The molecule has 0 aliphatic carbocycles. The Morgan fingerprint density at radius 2 is 2.33 bits per heavy atom. The number of hydrogen-bond acceptors (Lipinski definition) is 4. The van der Waals surface area contributed by atoms with Gasteiger partial charge in [-0.15, -0.1) is 0 Å². The van der Waals surface area contributed by atoms with E-state index < -0.39 is 0 Å². The Hall–Kier alpha value is -0.870. The molecule has 0 amide bonds. The molecular weight excluding hydrogens is 212 g/mol. The van der Waals surface area contributed by atoms with Crippen molar-refractivity contribution in [3.63, 3.8) is 0 Å². The summed E-state index contributed by atoms with van der Waals surface area (Å²) in [5.41, 5.74) is 0.905. The van der Waals surface area contributed by atoms with E-state index in [2.05, 4.69) is 27.2 Å². The van der Waals surface area contributed by atoms with Gasteiger partial charge in [-0.25, -0.2) is 9.97 Å². The van der Waals surface area contributed by atoms with Crippen molar-refractivity contribution in [2.75, 3.05) is 25.0 Å². The summed E-state index contributed by atoms with van der Waals surface area (Å²) in [5.74, 6) is 0.904. The Morgan fingerprint density at radius 1 is 1.53 bits per heavy atom. The van der Waals surface area contributed by atoms with E-state index in [4.69, 9.17) is 11.6 Å². The van der Waals surface area contributed by atoms with E-state index in [0.717, 1.165) is 31.0 Å². The van der Waals surface area contributed by atoms with Crippen LogP contribution in [0.2, 0.25) is 5.28 Å². The Balaban J connectivity index is 2.20. The molecule has 0 unspecified atom stereocenters. The van der Waals surface area contributed by atoms with Crippen LogP contribution in [0, 0.1) is 6.92 Å². The highest BCUT2D eigenvalue weighted by atomic mass is 35.5. The first-order valence-electron chi connectivity index (χ1n) is 5.11. The summed E-state index contributed by atoms with van der Waals surface area (Å²) < 4.78 is 0. The molecule has 15 heavy (non-hydrogen) atoms. The molecule has 0 bridgehead atoms. The van der Waals surface area contributed by atoms with Crippen LogP contribution in [0.5, 0.6) is 0 Å². The van der Waals surface area contributed by atoms with Crippen molar-refractivity contribution < 1.29 is 0 Å². The smallest absolute Gasteiger partial charge is 0.224 e. The number of likely N-dealkylation sites (N-methyl/N-ethyl adjacent to an activating group) is 1. The van der Waals surface area contributed by atoms with Crippen LogP contribution >= 0.6 is 11.6 Å². The Labute approximate surface area is 94.7 Å². The van der Waals surface area contributed by atoms with Crippen LogP contribution < -0.4 is 10.2 Å². The molecule has 1 aromatic rings. The molecule has 2 rings (SSSR count). The van der Waals surface area contributed by atoms with Gasteiger partial charge in [0.1, 0.15) is 5.82 Å². The number of nitrogens with one attached hydrogen (secondary N) is 1. The Kier molecular flexibility index (Phi) is 3.07. The van der Waals surface area contributed by atoms with E-state index in [0.29, 0.717) is 11.3 Å². The molecule has 4 nitrogen and oxygen atoms in total. The van der Waals surface area contributed by atoms with Crippen LogP contribution in [0.1, 0.15) is 12.1 Å². The van der Waals surface area contributed by atoms with Crippen molar-refractivity contribution in [1.82, 2.24) is 15.3 Å². The average Bonchev–Trinajstić information content (AvgIpc) is 2.67. The maximum absolute atomic E-state index is 5.84. The van der Waals surface area contributed by atoms with Crippen LogP contribution in [-0.2, 0) is 0 Å². The monoisotopic (exact) mass is 226 g/mol. The second-order valence-electron chi connectivity index (χ2n) is 3.89. The lowest BCUT2D eigenvalue weighted by atomic mass is 10.2. The van der Waals surface area contributed by atoms with E-state index in [1.807, 2.05) is 13.0 Å². The van der Waals surface area contributed by atoms with Gasteiger partial charge >= 0.3 is 0 Å².